The zero-order valence-electron chi connectivity index (χ0n) is 17.2. The number of aromatic nitrogens is 5. The highest BCUT2D eigenvalue weighted by molar-refractivity contribution is 5.70. The first kappa shape index (κ1) is 20.8. The van der Waals surface area contributed by atoms with Crippen LogP contribution in [0.25, 0.3) is 17.0 Å². The third kappa shape index (κ3) is 4.40. The van der Waals surface area contributed by atoms with Crippen LogP contribution in [-0.4, -0.2) is 49.4 Å². The van der Waals surface area contributed by atoms with Crippen LogP contribution in [0.1, 0.15) is 18.2 Å². The molecular formula is C21H23N5O4. The van der Waals surface area contributed by atoms with Crippen LogP contribution in [0.3, 0.4) is 0 Å². The van der Waals surface area contributed by atoms with Gasteiger partial charge in [0, 0.05) is 19.3 Å². The predicted molar refractivity (Wildman–Crippen MR) is 111 cm³/mol. The van der Waals surface area contributed by atoms with Gasteiger partial charge in [-0.2, -0.15) is 5.10 Å². The Morgan fingerprint density at radius 2 is 1.93 bits per heavy atom. The van der Waals surface area contributed by atoms with Crippen molar-refractivity contribution >= 4 is 11.6 Å². The number of carboxylic acid groups (broad SMARTS) is 1. The molecule has 9 nitrogen and oxygen atoms in total. The fourth-order valence-corrected chi connectivity index (χ4v) is 3.14. The molecule has 0 atom stereocenters. The lowest BCUT2D eigenvalue weighted by Crippen LogP contribution is -2.07. The molecule has 0 spiro atoms. The Morgan fingerprint density at radius 1 is 1.17 bits per heavy atom. The van der Waals surface area contributed by atoms with Crippen molar-refractivity contribution in [1.29, 1.82) is 0 Å². The number of methoxy groups -OCH3 is 2. The van der Waals surface area contributed by atoms with Crippen molar-refractivity contribution in [3.8, 4) is 22.9 Å². The van der Waals surface area contributed by atoms with Crippen molar-refractivity contribution in [2.75, 3.05) is 14.2 Å². The quantitative estimate of drug-likeness (QED) is 0.540. The molecule has 4 aromatic rings. The number of aryl methyl sites for hydroxylation is 1. The van der Waals surface area contributed by atoms with Gasteiger partial charge in [-0.05, 0) is 36.8 Å². The van der Waals surface area contributed by atoms with Crippen LogP contribution in [0.5, 0.6) is 11.5 Å². The van der Waals surface area contributed by atoms with Gasteiger partial charge in [0.05, 0.1) is 32.0 Å². The largest absolute Gasteiger partial charge is 0.493 e. The highest BCUT2D eigenvalue weighted by atomic mass is 16.5. The highest BCUT2D eigenvalue weighted by Gasteiger charge is 2.17. The summed E-state index contributed by atoms with van der Waals surface area (Å²) in [4.78, 5) is 17.8. The van der Waals surface area contributed by atoms with E-state index in [0.29, 0.717) is 18.0 Å². The second-order valence-electron chi connectivity index (χ2n) is 6.49. The molecule has 9 heteroatoms. The van der Waals surface area contributed by atoms with Crippen LogP contribution >= 0.6 is 0 Å². The molecular weight excluding hydrogens is 386 g/mol. The minimum absolute atomic E-state index is 0.607. The molecule has 1 N–H and O–H groups in total. The van der Waals surface area contributed by atoms with Crippen LogP contribution in [-0.2, 0) is 11.3 Å². The Morgan fingerprint density at radius 3 is 2.63 bits per heavy atom. The van der Waals surface area contributed by atoms with E-state index in [2.05, 4.69) is 25.7 Å². The number of fused-ring (bicyclic) bond motifs is 1. The fourth-order valence-electron chi connectivity index (χ4n) is 3.14. The van der Waals surface area contributed by atoms with Gasteiger partial charge in [-0.1, -0.05) is 6.07 Å². The SMILES string of the molecule is CC(=O)O.COc1cc(C)cc(-c2nccn2Cc2cccc3ncnn23)c1OC. The molecule has 156 valence electrons. The van der Waals surface area contributed by atoms with E-state index in [1.165, 1.54) is 0 Å². The maximum Gasteiger partial charge on any atom is 0.300 e. The van der Waals surface area contributed by atoms with Crippen LogP contribution in [0, 0.1) is 6.92 Å². The molecule has 0 amide bonds. The molecule has 1 aromatic carbocycles. The van der Waals surface area contributed by atoms with Crippen molar-refractivity contribution in [1.82, 2.24) is 24.1 Å². The summed E-state index contributed by atoms with van der Waals surface area (Å²) in [5, 5.41) is 11.7. The van der Waals surface area contributed by atoms with Gasteiger partial charge in [-0.3, -0.25) is 4.79 Å². The maximum atomic E-state index is 9.00. The van der Waals surface area contributed by atoms with E-state index in [4.69, 9.17) is 19.4 Å². The van der Waals surface area contributed by atoms with Crippen molar-refractivity contribution in [3.63, 3.8) is 0 Å². The Bertz CT molecular complexity index is 1160. The monoisotopic (exact) mass is 409 g/mol. The van der Waals surface area contributed by atoms with Gasteiger partial charge in [-0.25, -0.2) is 14.5 Å². The van der Waals surface area contributed by atoms with Crippen molar-refractivity contribution < 1.29 is 19.4 Å². The van der Waals surface area contributed by atoms with Crippen LogP contribution in [0.4, 0.5) is 0 Å². The predicted octanol–water partition coefficient (Wildman–Crippen LogP) is 3.06. The number of rotatable bonds is 5. The van der Waals surface area contributed by atoms with Gasteiger partial charge >= 0.3 is 0 Å². The van der Waals surface area contributed by atoms with E-state index in [1.54, 1.807) is 26.7 Å². The van der Waals surface area contributed by atoms with Crippen LogP contribution < -0.4 is 9.47 Å². The first-order valence-electron chi connectivity index (χ1n) is 9.16. The average Bonchev–Trinajstić information content (AvgIpc) is 3.36. The molecule has 0 aliphatic rings. The summed E-state index contributed by atoms with van der Waals surface area (Å²) in [5.74, 6) is 1.33. The molecule has 0 unspecified atom stereocenters. The normalized spacial score (nSPS) is 10.4. The smallest absolute Gasteiger partial charge is 0.300 e. The van der Waals surface area contributed by atoms with Gasteiger partial charge in [0.15, 0.2) is 17.1 Å². The second-order valence-corrected chi connectivity index (χ2v) is 6.49. The number of benzene rings is 1. The second kappa shape index (κ2) is 9.08. The molecule has 0 aliphatic heterocycles. The van der Waals surface area contributed by atoms with E-state index in [-0.39, 0.29) is 0 Å². The van der Waals surface area contributed by atoms with Crippen molar-refractivity contribution in [3.05, 3.63) is 60.3 Å². The molecule has 0 saturated heterocycles. The molecule has 3 heterocycles. The fraction of sp³-hybridized carbons (Fsp3) is 0.238. The standard InChI is InChI=1S/C19H19N5O2.C2H4O2/c1-13-9-15(18(26-3)16(10-13)25-2)19-20-7-8-23(19)11-14-5-4-6-17-21-12-22-24(14)17;1-2(3)4/h4-10,12H,11H2,1-3H3;1H3,(H,3,4). The van der Waals surface area contributed by atoms with Crippen LogP contribution in [0.15, 0.2) is 49.1 Å². The van der Waals surface area contributed by atoms with E-state index < -0.39 is 5.97 Å². The number of carbonyl (C=O) groups is 1. The van der Waals surface area contributed by atoms with E-state index in [1.807, 2.05) is 41.9 Å². The molecule has 0 bridgehead atoms. The zero-order valence-corrected chi connectivity index (χ0v) is 17.2. The van der Waals surface area contributed by atoms with E-state index >= 15 is 0 Å². The Hall–Kier alpha value is -3.88. The number of imidazole rings is 1. The summed E-state index contributed by atoms with van der Waals surface area (Å²) in [6, 6.07) is 9.94. The van der Waals surface area contributed by atoms with Gasteiger partial charge in [0.1, 0.15) is 12.2 Å². The summed E-state index contributed by atoms with van der Waals surface area (Å²) in [5.41, 5.74) is 3.79. The Labute approximate surface area is 173 Å². The lowest BCUT2D eigenvalue weighted by molar-refractivity contribution is -0.134. The lowest BCUT2D eigenvalue weighted by atomic mass is 10.1. The minimum atomic E-state index is -0.833. The third-order valence-electron chi connectivity index (χ3n) is 4.29. The van der Waals surface area contributed by atoms with E-state index in [9.17, 15) is 0 Å². The lowest BCUT2D eigenvalue weighted by Gasteiger charge is -2.15. The molecule has 0 saturated carbocycles. The molecule has 3 aromatic heterocycles. The number of carboxylic acids is 1. The maximum absolute atomic E-state index is 9.00. The number of nitrogens with zero attached hydrogens (tertiary/aromatic N) is 5. The highest BCUT2D eigenvalue weighted by Crippen LogP contribution is 2.38. The molecule has 0 fully saturated rings. The molecule has 0 radical (unpaired) electrons. The summed E-state index contributed by atoms with van der Waals surface area (Å²) in [6.07, 6.45) is 5.28. The molecule has 4 rings (SSSR count). The van der Waals surface area contributed by atoms with Gasteiger partial charge in [0.25, 0.3) is 5.97 Å². The van der Waals surface area contributed by atoms with Crippen molar-refractivity contribution in [2.45, 2.75) is 20.4 Å². The summed E-state index contributed by atoms with van der Waals surface area (Å²) < 4.78 is 15.0. The van der Waals surface area contributed by atoms with Gasteiger partial charge in [0.2, 0.25) is 0 Å². The minimum Gasteiger partial charge on any atom is -0.493 e. The van der Waals surface area contributed by atoms with Crippen LogP contribution in [0.2, 0.25) is 0 Å². The first-order valence-corrected chi connectivity index (χ1v) is 9.16. The van der Waals surface area contributed by atoms with Crippen molar-refractivity contribution in [2.24, 2.45) is 0 Å². The molecule has 0 aliphatic carbocycles. The van der Waals surface area contributed by atoms with Gasteiger partial charge < -0.3 is 19.1 Å². The molecule has 30 heavy (non-hydrogen) atoms. The van der Waals surface area contributed by atoms with Gasteiger partial charge in [-0.15, -0.1) is 0 Å². The third-order valence-corrected chi connectivity index (χ3v) is 4.29. The Balaban J connectivity index is 0.000000589. The topological polar surface area (TPSA) is 104 Å². The zero-order chi connectivity index (χ0) is 21.7. The number of hydrogen-bond acceptors (Lipinski definition) is 6. The summed E-state index contributed by atoms with van der Waals surface area (Å²) in [7, 11) is 3.28. The van der Waals surface area contributed by atoms with E-state index in [0.717, 1.165) is 35.2 Å². The summed E-state index contributed by atoms with van der Waals surface area (Å²) in [6.45, 7) is 3.71. The first-order chi connectivity index (χ1) is 14.4. The average molecular weight is 409 g/mol. The number of pyridine rings is 1. The Kier molecular flexibility index (Phi) is 6.31. The summed E-state index contributed by atoms with van der Waals surface area (Å²) >= 11 is 0. The number of ether oxygens (including phenoxy) is 2. The number of aliphatic carboxylic acids is 1. The number of hydrogen-bond donors (Lipinski definition) is 1.